The van der Waals surface area contributed by atoms with Gasteiger partial charge >= 0.3 is 0 Å². The maximum Gasteiger partial charge on any atom is 0.251 e. The summed E-state index contributed by atoms with van der Waals surface area (Å²) in [7, 11) is 0. The number of nitrogens with zero attached hydrogens (tertiary/aromatic N) is 4. The fourth-order valence-corrected chi connectivity index (χ4v) is 1.02. The Morgan fingerprint density at radius 3 is 3.08 bits per heavy atom. The molecule has 0 aliphatic carbocycles. The second-order valence-corrected chi connectivity index (χ2v) is 2.67. The summed E-state index contributed by atoms with van der Waals surface area (Å²) >= 11 is 5.65. The fourth-order valence-electron chi connectivity index (χ4n) is 0.902. The average molecular weight is 184 g/mol. The van der Waals surface area contributed by atoms with Crippen LogP contribution in [0.15, 0.2) is 6.33 Å². The van der Waals surface area contributed by atoms with Crippen LogP contribution in [0.3, 0.4) is 0 Å². The van der Waals surface area contributed by atoms with Crippen LogP contribution in [0.1, 0.15) is 5.69 Å². The number of aryl methyl sites for hydroxylation is 1. The van der Waals surface area contributed by atoms with E-state index >= 15 is 0 Å². The Bertz CT molecular complexity index is 438. The monoisotopic (exact) mass is 183 g/mol. The van der Waals surface area contributed by atoms with Crippen molar-refractivity contribution in [3.8, 4) is 5.88 Å². The van der Waals surface area contributed by atoms with Gasteiger partial charge in [-0.3, -0.25) is 0 Å². The lowest BCUT2D eigenvalue weighted by Gasteiger charge is -2.10. The van der Waals surface area contributed by atoms with Crippen molar-refractivity contribution in [1.82, 2.24) is 19.6 Å². The Kier molecular flexibility index (Phi) is 1.41. The van der Waals surface area contributed by atoms with E-state index in [9.17, 15) is 5.11 Å². The summed E-state index contributed by atoms with van der Waals surface area (Å²) in [6, 6.07) is 0. The van der Waals surface area contributed by atoms with Gasteiger partial charge < -0.3 is 5.11 Å². The zero-order valence-electron chi connectivity index (χ0n) is 6.15. The number of halogens is 1. The highest BCUT2D eigenvalue weighted by molar-refractivity contribution is 6.32. The van der Waals surface area contributed by atoms with Crippen LogP contribution in [0.25, 0.3) is 5.78 Å². The van der Waals surface area contributed by atoms with Crippen LogP contribution >= 0.6 is 11.6 Å². The lowest BCUT2D eigenvalue weighted by atomic mass is 10.4. The standard InChI is InChI=1S/C6H5ClN4O/c1-3-4(7)5(12)11-6(10-3)8-2-9-11/h2,12H,1H3/p-1. The molecule has 0 spiro atoms. The SMILES string of the molecule is Cc1nc2ncnn2c([O-])c1Cl. The van der Waals surface area contributed by atoms with E-state index in [0.717, 1.165) is 4.52 Å². The van der Waals surface area contributed by atoms with Crippen molar-refractivity contribution in [3.63, 3.8) is 0 Å². The first-order valence-corrected chi connectivity index (χ1v) is 3.61. The zero-order valence-corrected chi connectivity index (χ0v) is 6.91. The average Bonchev–Trinajstić information content (AvgIpc) is 2.48. The molecule has 0 aromatic carbocycles. The van der Waals surface area contributed by atoms with Crippen LogP contribution in [0, 0.1) is 6.92 Å². The largest absolute Gasteiger partial charge is 0.857 e. The van der Waals surface area contributed by atoms with Gasteiger partial charge in [-0.25, -0.2) is 9.50 Å². The second kappa shape index (κ2) is 2.31. The second-order valence-electron chi connectivity index (χ2n) is 2.29. The van der Waals surface area contributed by atoms with Crippen molar-refractivity contribution in [2.75, 3.05) is 0 Å². The Hall–Kier alpha value is -1.36. The van der Waals surface area contributed by atoms with Crippen LogP contribution in [-0.2, 0) is 0 Å². The molecule has 0 aliphatic rings. The van der Waals surface area contributed by atoms with Crippen molar-refractivity contribution in [2.24, 2.45) is 0 Å². The molecule has 2 rings (SSSR count). The Morgan fingerprint density at radius 2 is 2.33 bits per heavy atom. The van der Waals surface area contributed by atoms with Crippen LogP contribution < -0.4 is 5.11 Å². The van der Waals surface area contributed by atoms with Crippen molar-refractivity contribution in [3.05, 3.63) is 17.0 Å². The molecule has 0 fully saturated rings. The van der Waals surface area contributed by atoms with Gasteiger partial charge in [-0.2, -0.15) is 10.1 Å². The topological polar surface area (TPSA) is 66.1 Å². The lowest BCUT2D eigenvalue weighted by Crippen LogP contribution is -2.04. The number of hydrogen-bond acceptors (Lipinski definition) is 4. The summed E-state index contributed by atoms with van der Waals surface area (Å²) in [6.45, 7) is 1.65. The summed E-state index contributed by atoms with van der Waals surface area (Å²) in [6.07, 6.45) is 1.26. The molecule has 6 heteroatoms. The Morgan fingerprint density at radius 1 is 1.58 bits per heavy atom. The lowest BCUT2D eigenvalue weighted by molar-refractivity contribution is -0.277. The molecular formula is C6H4ClN4O-. The minimum atomic E-state index is -0.378. The molecule has 0 amide bonds. The first kappa shape index (κ1) is 7.30. The summed E-state index contributed by atoms with van der Waals surface area (Å²) in [5.41, 5.74) is 0.474. The van der Waals surface area contributed by atoms with E-state index in [1.165, 1.54) is 6.33 Å². The maximum absolute atomic E-state index is 11.3. The first-order valence-electron chi connectivity index (χ1n) is 3.23. The molecule has 2 heterocycles. The maximum atomic E-state index is 11.3. The predicted molar refractivity (Wildman–Crippen MR) is 40.0 cm³/mol. The molecule has 2 aromatic rings. The predicted octanol–water partition coefficient (Wildman–Crippen LogP) is 0.160. The third-order valence-electron chi connectivity index (χ3n) is 1.50. The van der Waals surface area contributed by atoms with Gasteiger partial charge in [0.05, 0.1) is 10.7 Å². The molecule has 0 saturated heterocycles. The van der Waals surface area contributed by atoms with Crippen LogP contribution in [0.5, 0.6) is 5.88 Å². The minimum absolute atomic E-state index is 0.0907. The fraction of sp³-hybridized carbons (Fsp3) is 0.167. The molecule has 12 heavy (non-hydrogen) atoms. The zero-order chi connectivity index (χ0) is 8.72. The molecule has 0 unspecified atom stereocenters. The number of fused-ring (bicyclic) bond motifs is 1. The minimum Gasteiger partial charge on any atom is -0.857 e. The third-order valence-corrected chi connectivity index (χ3v) is 1.93. The summed E-state index contributed by atoms with van der Waals surface area (Å²) in [5, 5.41) is 15.1. The quantitative estimate of drug-likeness (QED) is 0.584. The number of hydrogen-bond donors (Lipinski definition) is 0. The van der Waals surface area contributed by atoms with Gasteiger partial charge in [-0.05, 0) is 6.92 Å². The van der Waals surface area contributed by atoms with Gasteiger partial charge in [0.2, 0.25) is 0 Å². The number of aromatic nitrogens is 4. The third kappa shape index (κ3) is 0.831. The van der Waals surface area contributed by atoms with E-state index in [2.05, 4.69) is 15.1 Å². The van der Waals surface area contributed by atoms with Crippen LogP contribution in [0.2, 0.25) is 5.02 Å². The molecule has 0 atom stereocenters. The molecule has 0 bridgehead atoms. The molecule has 62 valence electrons. The van der Waals surface area contributed by atoms with Gasteiger partial charge in [0.25, 0.3) is 5.78 Å². The molecule has 0 radical (unpaired) electrons. The van der Waals surface area contributed by atoms with Crippen molar-refractivity contribution < 1.29 is 5.11 Å². The van der Waals surface area contributed by atoms with E-state index in [-0.39, 0.29) is 16.7 Å². The van der Waals surface area contributed by atoms with Gasteiger partial charge in [0, 0.05) is 5.88 Å². The van der Waals surface area contributed by atoms with Gasteiger partial charge in [-0.15, -0.1) is 0 Å². The summed E-state index contributed by atoms with van der Waals surface area (Å²) in [5.74, 6) is -0.0985. The van der Waals surface area contributed by atoms with E-state index in [1.54, 1.807) is 6.92 Å². The van der Waals surface area contributed by atoms with E-state index in [0.29, 0.717) is 5.69 Å². The van der Waals surface area contributed by atoms with E-state index < -0.39 is 0 Å². The molecule has 0 saturated carbocycles. The Labute approximate surface area is 72.6 Å². The van der Waals surface area contributed by atoms with E-state index in [4.69, 9.17) is 11.6 Å². The highest BCUT2D eigenvalue weighted by Crippen LogP contribution is 2.22. The highest BCUT2D eigenvalue weighted by atomic mass is 35.5. The Balaban J connectivity index is 2.94. The highest BCUT2D eigenvalue weighted by Gasteiger charge is 2.03. The molecule has 5 nitrogen and oxygen atoms in total. The smallest absolute Gasteiger partial charge is 0.251 e. The summed E-state index contributed by atoms with van der Waals surface area (Å²) < 4.78 is 1.06. The normalized spacial score (nSPS) is 10.8. The molecule has 2 aromatic heterocycles. The molecular weight excluding hydrogens is 180 g/mol. The first-order chi connectivity index (χ1) is 5.70. The summed E-state index contributed by atoms with van der Waals surface area (Å²) in [4.78, 5) is 7.72. The van der Waals surface area contributed by atoms with Gasteiger partial charge in [0.15, 0.2) is 0 Å². The molecule has 0 N–H and O–H groups in total. The molecule has 0 aliphatic heterocycles. The van der Waals surface area contributed by atoms with Crippen molar-refractivity contribution in [1.29, 1.82) is 0 Å². The van der Waals surface area contributed by atoms with Gasteiger partial charge in [0.1, 0.15) is 6.33 Å². The van der Waals surface area contributed by atoms with Crippen molar-refractivity contribution >= 4 is 17.4 Å². The van der Waals surface area contributed by atoms with Gasteiger partial charge in [-0.1, -0.05) is 11.6 Å². The van der Waals surface area contributed by atoms with Crippen molar-refractivity contribution in [2.45, 2.75) is 6.92 Å². The van der Waals surface area contributed by atoms with Crippen LogP contribution in [-0.4, -0.2) is 19.6 Å². The van der Waals surface area contributed by atoms with E-state index in [1.807, 2.05) is 0 Å². The van der Waals surface area contributed by atoms with Crippen LogP contribution in [0.4, 0.5) is 0 Å². The number of rotatable bonds is 0.